The van der Waals surface area contributed by atoms with Gasteiger partial charge in [-0.05, 0) is 61.9 Å². The van der Waals surface area contributed by atoms with Gasteiger partial charge in [-0.1, -0.05) is 57.0 Å². The normalized spacial score (nSPS) is 16.9. The van der Waals surface area contributed by atoms with Crippen molar-refractivity contribution in [2.24, 2.45) is 0 Å². The molecule has 37 heavy (non-hydrogen) atoms. The van der Waals surface area contributed by atoms with Gasteiger partial charge in [0, 0.05) is 30.9 Å². The molecule has 0 aliphatic carbocycles. The lowest BCUT2D eigenvalue weighted by Crippen LogP contribution is -2.57. The Labute approximate surface area is 220 Å². The van der Waals surface area contributed by atoms with E-state index in [0.717, 1.165) is 37.8 Å². The van der Waals surface area contributed by atoms with Crippen molar-refractivity contribution in [1.29, 1.82) is 0 Å². The molecule has 7 heteroatoms. The third kappa shape index (κ3) is 5.97. The lowest BCUT2D eigenvalue weighted by Gasteiger charge is -2.43. The average molecular weight is 505 g/mol. The van der Waals surface area contributed by atoms with Crippen LogP contribution in [0.25, 0.3) is 0 Å². The van der Waals surface area contributed by atoms with Crippen LogP contribution >= 0.6 is 0 Å². The van der Waals surface area contributed by atoms with Crippen molar-refractivity contribution in [3.05, 3.63) is 65.7 Å². The number of benzene rings is 2. The molecule has 0 atom stereocenters. The van der Waals surface area contributed by atoms with Gasteiger partial charge in [0.15, 0.2) is 0 Å². The van der Waals surface area contributed by atoms with Crippen molar-refractivity contribution < 1.29 is 14.4 Å². The molecule has 2 heterocycles. The number of piperidine rings is 1. The van der Waals surface area contributed by atoms with Crippen molar-refractivity contribution in [1.82, 2.24) is 15.1 Å². The first-order valence-electron chi connectivity index (χ1n) is 13.8. The molecule has 0 radical (unpaired) electrons. The molecule has 2 aliphatic heterocycles. The summed E-state index contributed by atoms with van der Waals surface area (Å²) in [7, 11) is 0. The van der Waals surface area contributed by atoms with Crippen LogP contribution in [0.5, 0.6) is 0 Å². The van der Waals surface area contributed by atoms with Crippen molar-refractivity contribution in [3.63, 3.8) is 0 Å². The van der Waals surface area contributed by atoms with Crippen LogP contribution in [0.2, 0.25) is 0 Å². The van der Waals surface area contributed by atoms with Crippen molar-refractivity contribution >= 4 is 23.4 Å². The summed E-state index contributed by atoms with van der Waals surface area (Å²) in [6, 6.07) is 17.9. The summed E-state index contributed by atoms with van der Waals surface area (Å²) in [6.45, 7) is 6.32. The molecular weight excluding hydrogens is 464 g/mol. The molecule has 0 saturated carbocycles. The predicted molar refractivity (Wildman–Crippen MR) is 146 cm³/mol. The van der Waals surface area contributed by atoms with E-state index in [2.05, 4.69) is 36.2 Å². The highest BCUT2D eigenvalue weighted by atomic mass is 16.2. The van der Waals surface area contributed by atoms with E-state index in [1.165, 1.54) is 5.56 Å². The Bertz CT molecular complexity index is 1060. The third-order valence-electron chi connectivity index (χ3n) is 7.67. The Balaban J connectivity index is 1.46. The molecule has 2 aliphatic rings. The van der Waals surface area contributed by atoms with E-state index in [9.17, 15) is 14.4 Å². The zero-order chi connectivity index (χ0) is 26.3. The summed E-state index contributed by atoms with van der Waals surface area (Å²) in [5, 5.41) is 2.93. The number of likely N-dealkylation sites (tertiary alicyclic amines) is 1. The molecule has 0 unspecified atom stereocenters. The number of aryl methyl sites for hydroxylation is 1. The molecule has 2 aromatic carbocycles. The van der Waals surface area contributed by atoms with Gasteiger partial charge in [0.05, 0.1) is 6.67 Å². The van der Waals surface area contributed by atoms with Crippen LogP contribution in [0.4, 0.5) is 5.69 Å². The Kier molecular flexibility index (Phi) is 8.85. The molecule has 4 rings (SSSR count). The maximum Gasteiger partial charge on any atom is 0.253 e. The number of hydrogen-bond donors (Lipinski definition) is 1. The van der Waals surface area contributed by atoms with Gasteiger partial charge in [0.25, 0.3) is 11.8 Å². The van der Waals surface area contributed by atoms with E-state index in [1.54, 1.807) is 4.90 Å². The quantitative estimate of drug-likeness (QED) is 0.492. The van der Waals surface area contributed by atoms with E-state index < -0.39 is 5.54 Å². The van der Waals surface area contributed by atoms with Gasteiger partial charge < -0.3 is 20.0 Å². The van der Waals surface area contributed by atoms with Gasteiger partial charge in [-0.15, -0.1) is 0 Å². The minimum Gasteiger partial charge on any atom is -0.355 e. The Hall–Kier alpha value is -3.35. The van der Waals surface area contributed by atoms with Crippen molar-refractivity contribution in [2.45, 2.75) is 64.3 Å². The molecule has 0 bridgehead atoms. The Morgan fingerprint density at radius 2 is 1.59 bits per heavy atom. The maximum absolute atomic E-state index is 13.8. The van der Waals surface area contributed by atoms with E-state index in [1.807, 2.05) is 47.4 Å². The van der Waals surface area contributed by atoms with Gasteiger partial charge in [-0.3, -0.25) is 14.4 Å². The highest BCUT2D eigenvalue weighted by Gasteiger charge is 2.54. The number of para-hydroxylation sites is 1. The van der Waals surface area contributed by atoms with Crippen LogP contribution < -0.4 is 10.2 Å². The summed E-state index contributed by atoms with van der Waals surface area (Å²) in [4.78, 5) is 45.3. The summed E-state index contributed by atoms with van der Waals surface area (Å²) in [5.41, 5.74) is 2.17. The van der Waals surface area contributed by atoms with Crippen LogP contribution in [-0.2, 0) is 16.0 Å². The number of rotatable bonds is 10. The molecule has 1 N–H and O–H groups in total. The predicted octanol–water partition coefficient (Wildman–Crippen LogP) is 4.23. The lowest BCUT2D eigenvalue weighted by molar-refractivity contribution is -0.137. The number of nitrogens with zero attached hydrogens (tertiary/aromatic N) is 3. The summed E-state index contributed by atoms with van der Waals surface area (Å²) >= 11 is 0. The van der Waals surface area contributed by atoms with Crippen molar-refractivity contribution in [3.8, 4) is 0 Å². The van der Waals surface area contributed by atoms with Gasteiger partial charge in [-0.2, -0.15) is 0 Å². The molecule has 7 nitrogen and oxygen atoms in total. The zero-order valence-corrected chi connectivity index (χ0v) is 22.2. The topological polar surface area (TPSA) is 73.0 Å². The third-order valence-corrected chi connectivity index (χ3v) is 7.67. The van der Waals surface area contributed by atoms with Gasteiger partial charge in [-0.25, -0.2) is 0 Å². The summed E-state index contributed by atoms with van der Waals surface area (Å²) in [6.07, 6.45) is 6.32. The first-order valence-corrected chi connectivity index (χ1v) is 13.8. The van der Waals surface area contributed by atoms with E-state index in [4.69, 9.17) is 0 Å². The fourth-order valence-electron chi connectivity index (χ4n) is 5.41. The standard InChI is InChI=1S/C30H40N4O3/c1-3-5-10-24-13-15-25(16-14-24)28(36)32-20-17-30(18-21-32)29(37)33(22-27(35)31-19-6-4-2)23-34(30)26-11-8-7-9-12-26/h7-9,11-16H,3-6,10,17-23H2,1-2H3,(H,31,35). The Morgan fingerprint density at radius 3 is 2.24 bits per heavy atom. The molecule has 0 aromatic heterocycles. The van der Waals surface area contributed by atoms with Gasteiger partial charge in [0.2, 0.25) is 5.91 Å². The molecule has 198 valence electrons. The Morgan fingerprint density at radius 1 is 0.919 bits per heavy atom. The molecule has 1 spiro atoms. The molecule has 3 amide bonds. The summed E-state index contributed by atoms with van der Waals surface area (Å²) < 4.78 is 0. The van der Waals surface area contributed by atoms with Crippen LogP contribution in [-0.4, -0.2) is 65.9 Å². The maximum atomic E-state index is 13.8. The number of anilines is 1. The van der Waals surface area contributed by atoms with Gasteiger partial charge >= 0.3 is 0 Å². The van der Waals surface area contributed by atoms with E-state index in [-0.39, 0.29) is 24.3 Å². The van der Waals surface area contributed by atoms with Crippen LogP contribution in [0.1, 0.15) is 68.3 Å². The number of carbonyl (C=O) groups is 3. The SMILES string of the molecule is CCCCNC(=O)CN1CN(c2ccccc2)C2(CCN(C(=O)c3ccc(CCCC)cc3)CC2)C1=O. The molecular formula is C30H40N4O3. The second-order valence-corrected chi connectivity index (χ2v) is 10.2. The molecule has 2 saturated heterocycles. The monoisotopic (exact) mass is 504 g/mol. The highest BCUT2D eigenvalue weighted by Crippen LogP contribution is 2.39. The molecule has 2 fully saturated rings. The zero-order valence-electron chi connectivity index (χ0n) is 22.2. The minimum atomic E-state index is -0.744. The fourth-order valence-corrected chi connectivity index (χ4v) is 5.41. The first kappa shape index (κ1) is 26.7. The number of carbonyl (C=O) groups excluding carboxylic acids is 3. The minimum absolute atomic E-state index is 0.0146. The number of hydrogen-bond acceptors (Lipinski definition) is 4. The second-order valence-electron chi connectivity index (χ2n) is 10.2. The average Bonchev–Trinajstić information content (AvgIpc) is 3.19. The largest absolute Gasteiger partial charge is 0.355 e. The smallest absolute Gasteiger partial charge is 0.253 e. The van der Waals surface area contributed by atoms with E-state index in [0.29, 0.717) is 44.7 Å². The van der Waals surface area contributed by atoms with Gasteiger partial charge in [0.1, 0.15) is 12.1 Å². The van der Waals surface area contributed by atoms with Crippen molar-refractivity contribution in [2.75, 3.05) is 37.7 Å². The highest BCUT2D eigenvalue weighted by molar-refractivity contribution is 5.97. The second kappa shape index (κ2) is 12.3. The lowest BCUT2D eigenvalue weighted by atomic mass is 9.85. The van der Waals surface area contributed by atoms with Crippen LogP contribution in [0, 0.1) is 0 Å². The number of nitrogens with one attached hydrogen (secondary N) is 1. The van der Waals surface area contributed by atoms with Crippen LogP contribution in [0.3, 0.4) is 0 Å². The molecule has 2 aromatic rings. The fraction of sp³-hybridized carbons (Fsp3) is 0.500. The van der Waals surface area contributed by atoms with E-state index >= 15 is 0 Å². The van der Waals surface area contributed by atoms with Crippen LogP contribution in [0.15, 0.2) is 54.6 Å². The first-order chi connectivity index (χ1) is 18.0. The number of unbranched alkanes of at least 4 members (excludes halogenated alkanes) is 2. The summed E-state index contributed by atoms with van der Waals surface area (Å²) in [5.74, 6) is -0.128. The number of amides is 3.